The topological polar surface area (TPSA) is 30.5 Å². The summed E-state index contributed by atoms with van der Waals surface area (Å²) in [5.41, 5.74) is -0.0200. The van der Waals surface area contributed by atoms with E-state index < -0.39 is 0 Å². The van der Waals surface area contributed by atoms with Gasteiger partial charge in [-0.2, -0.15) is 0 Å². The number of rotatable bonds is 4. The second-order valence-corrected chi connectivity index (χ2v) is 4.48. The van der Waals surface area contributed by atoms with Gasteiger partial charge in [-0.05, 0) is 27.2 Å². The van der Waals surface area contributed by atoms with Crippen LogP contribution in [0.2, 0.25) is 0 Å². The summed E-state index contributed by atoms with van der Waals surface area (Å²) in [6.45, 7) is 9.68. The van der Waals surface area contributed by atoms with E-state index in [9.17, 15) is 0 Å². The van der Waals surface area contributed by atoms with Crippen molar-refractivity contribution >= 4 is 0 Å². The molecule has 13 heavy (non-hydrogen) atoms. The third-order valence-corrected chi connectivity index (χ3v) is 2.00. The van der Waals surface area contributed by atoms with Gasteiger partial charge in [-0.1, -0.05) is 0 Å². The molecule has 0 aromatic carbocycles. The normalized spacial score (nSPS) is 23.8. The zero-order chi connectivity index (χ0) is 9.73. The zero-order valence-electron chi connectivity index (χ0n) is 8.93. The Morgan fingerprint density at radius 3 is 2.77 bits per heavy atom. The minimum Gasteiger partial charge on any atom is -0.380 e. The number of hydrogen-bond acceptors (Lipinski definition) is 3. The summed E-state index contributed by atoms with van der Waals surface area (Å²) >= 11 is 0. The molecule has 0 aromatic heterocycles. The molecule has 0 amide bonds. The Bertz CT molecular complexity index is 136. The Hall–Kier alpha value is -0.120. The Labute approximate surface area is 80.8 Å². The molecule has 1 atom stereocenters. The van der Waals surface area contributed by atoms with Crippen LogP contribution in [-0.2, 0) is 9.47 Å². The molecular weight excluding hydrogens is 166 g/mol. The molecule has 1 saturated heterocycles. The molecule has 3 nitrogen and oxygen atoms in total. The van der Waals surface area contributed by atoms with Crippen molar-refractivity contribution in [2.24, 2.45) is 0 Å². The molecule has 1 N–H and O–H groups in total. The van der Waals surface area contributed by atoms with E-state index in [1.54, 1.807) is 0 Å². The van der Waals surface area contributed by atoms with Gasteiger partial charge in [0.05, 0.1) is 18.8 Å². The van der Waals surface area contributed by atoms with Crippen LogP contribution in [0, 0.1) is 0 Å². The summed E-state index contributed by atoms with van der Waals surface area (Å²) in [5.74, 6) is 0. The van der Waals surface area contributed by atoms with Crippen molar-refractivity contribution in [2.45, 2.75) is 38.8 Å². The third-order valence-electron chi connectivity index (χ3n) is 2.00. The summed E-state index contributed by atoms with van der Waals surface area (Å²) in [5, 5.41) is 3.40. The van der Waals surface area contributed by atoms with Crippen molar-refractivity contribution < 1.29 is 9.47 Å². The van der Waals surface area contributed by atoms with Crippen LogP contribution in [0.3, 0.4) is 0 Å². The largest absolute Gasteiger partial charge is 0.380 e. The van der Waals surface area contributed by atoms with E-state index in [1.165, 1.54) is 0 Å². The monoisotopic (exact) mass is 187 g/mol. The Morgan fingerprint density at radius 2 is 2.23 bits per heavy atom. The molecule has 0 spiro atoms. The minimum atomic E-state index is -0.0200. The van der Waals surface area contributed by atoms with Gasteiger partial charge in [-0.15, -0.1) is 0 Å². The number of nitrogens with one attached hydrogen (secondary N) is 1. The molecule has 0 radical (unpaired) electrons. The van der Waals surface area contributed by atoms with Gasteiger partial charge >= 0.3 is 0 Å². The second-order valence-electron chi connectivity index (χ2n) is 4.48. The average Bonchev–Trinajstić information content (AvgIpc) is 2.48. The summed E-state index contributed by atoms with van der Waals surface area (Å²) in [4.78, 5) is 0. The van der Waals surface area contributed by atoms with Gasteiger partial charge in [-0.3, -0.25) is 0 Å². The first kappa shape index (κ1) is 11.0. The molecule has 1 aliphatic heterocycles. The van der Waals surface area contributed by atoms with Crippen LogP contribution in [-0.4, -0.2) is 38.0 Å². The maximum atomic E-state index is 5.59. The van der Waals surface area contributed by atoms with Crippen LogP contribution in [0.4, 0.5) is 0 Å². The maximum Gasteiger partial charge on any atom is 0.0620 e. The average molecular weight is 187 g/mol. The molecule has 1 heterocycles. The van der Waals surface area contributed by atoms with Crippen molar-refractivity contribution in [1.29, 1.82) is 0 Å². The predicted molar refractivity (Wildman–Crippen MR) is 52.9 cm³/mol. The molecule has 0 aliphatic carbocycles. The van der Waals surface area contributed by atoms with Crippen LogP contribution in [0.1, 0.15) is 27.2 Å². The van der Waals surface area contributed by atoms with Crippen molar-refractivity contribution in [3.05, 3.63) is 0 Å². The molecule has 0 bridgehead atoms. The van der Waals surface area contributed by atoms with E-state index in [4.69, 9.17) is 9.47 Å². The van der Waals surface area contributed by atoms with Crippen LogP contribution < -0.4 is 5.32 Å². The highest BCUT2D eigenvalue weighted by Gasteiger charge is 2.15. The molecule has 1 rings (SSSR count). The first-order chi connectivity index (χ1) is 6.08. The van der Waals surface area contributed by atoms with E-state index in [-0.39, 0.29) is 5.60 Å². The molecule has 1 aliphatic rings. The van der Waals surface area contributed by atoms with Gasteiger partial charge in [0.25, 0.3) is 0 Å². The lowest BCUT2D eigenvalue weighted by Crippen LogP contribution is -2.34. The minimum absolute atomic E-state index is 0.0200. The fourth-order valence-corrected chi connectivity index (χ4v) is 1.32. The summed E-state index contributed by atoms with van der Waals surface area (Å²) in [6, 6.07) is 0.545. The second kappa shape index (κ2) is 4.94. The van der Waals surface area contributed by atoms with Gasteiger partial charge in [0.1, 0.15) is 0 Å². The van der Waals surface area contributed by atoms with Gasteiger partial charge in [0, 0.05) is 19.2 Å². The first-order valence-corrected chi connectivity index (χ1v) is 5.03. The lowest BCUT2D eigenvalue weighted by atomic mass is 10.2. The fourth-order valence-electron chi connectivity index (χ4n) is 1.32. The third kappa shape index (κ3) is 5.24. The van der Waals surface area contributed by atoms with E-state index >= 15 is 0 Å². The highest BCUT2D eigenvalue weighted by atomic mass is 16.5. The van der Waals surface area contributed by atoms with E-state index in [0.29, 0.717) is 6.04 Å². The molecule has 78 valence electrons. The SMILES string of the molecule is CC(C)(C)OCCNC1CCOC1. The smallest absolute Gasteiger partial charge is 0.0620 e. The molecule has 0 saturated carbocycles. The predicted octanol–water partition coefficient (Wildman–Crippen LogP) is 1.18. The Morgan fingerprint density at radius 1 is 1.46 bits per heavy atom. The van der Waals surface area contributed by atoms with Gasteiger partial charge in [0.15, 0.2) is 0 Å². The van der Waals surface area contributed by atoms with Crippen molar-refractivity contribution in [3.63, 3.8) is 0 Å². The molecule has 3 heteroatoms. The van der Waals surface area contributed by atoms with Crippen LogP contribution in [0.15, 0.2) is 0 Å². The lowest BCUT2D eigenvalue weighted by molar-refractivity contribution is -0.00169. The fraction of sp³-hybridized carbons (Fsp3) is 1.00. The summed E-state index contributed by atoms with van der Waals surface area (Å²) in [7, 11) is 0. The lowest BCUT2D eigenvalue weighted by Gasteiger charge is -2.20. The summed E-state index contributed by atoms with van der Waals surface area (Å²) < 4.78 is 10.8. The van der Waals surface area contributed by atoms with E-state index in [1.807, 2.05) is 0 Å². The zero-order valence-corrected chi connectivity index (χ0v) is 8.93. The Balaban J connectivity index is 1.94. The van der Waals surface area contributed by atoms with Gasteiger partial charge < -0.3 is 14.8 Å². The number of ether oxygens (including phenoxy) is 2. The molecule has 1 unspecified atom stereocenters. The van der Waals surface area contributed by atoms with Crippen LogP contribution in [0.25, 0.3) is 0 Å². The number of hydrogen-bond donors (Lipinski definition) is 1. The maximum absolute atomic E-state index is 5.59. The van der Waals surface area contributed by atoms with Crippen LogP contribution in [0.5, 0.6) is 0 Å². The first-order valence-electron chi connectivity index (χ1n) is 5.03. The van der Waals surface area contributed by atoms with Gasteiger partial charge in [-0.25, -0.2) is 0 Å². The van der Waals surface area contributed by atoms with E-state index in [2.05, 4.69) is 26.1 Å². The highest BCUT2D eigenvalue weighted by Crippen LogP contribution is 2.06. The Kier molecular flexibility index (Phi) is 4.16. The van der Waals surface area contributed by atoms with Gasteiger partial charge in [0.2, 0.25) is 0 Å². The van der Waals surface area contributed by atoms with Crippen molar-refractivity contribution in [3.8, 4) is 0 Å². The molecule has 1 fully saturated rings. The van der Waals surface area contributed by atoms with E-state index in [0.717, 1.165) is 32.8 Å². The molecular formula is C10H21NO2. The quantitative estimate of drug-likeness (QED) is 0.670. The highest BCUT2D eigenvalue weighted by molar-refractivity contribution is 4.70. The van der Waals surface area contributed by atoms with Crippen molar-refractivity contribution in [2.75, 3.05) is 26.4 Å². The van der Waals surface area contributed by atoms with Crippen LogP contribution >= 0.6 is 0 Å². The standard InChI is InChI=1S/C10H21NO2/c1-10(2,3)13-7-5-11-9-4-6-12-8-9/h9,11H,4-8H2,1-3H3. The molecule has 0 aromatic rings. The summed E-state index contributed by atoms with van der Waals surface area (Å²) in [6.07, 6.45) is 1.13. The van der Waals surface area contributed by atoms with Crippen molar-refractivity contribution in [1.82, 2.24) is 5.32 Å².